The molecule has 0 rings (SSSR count). The molecule has 0 aromatic carbocycles. The minimum Gasteiger partial charge on any atom is -0.402 e. The maximum atomic E-state index is 5.48. The van der Waals surface area contributed by atoms with Gasteiger partial charge in [-0.25, -0.2) is 0 Å². The number of allylic oxidation sites excluding steroid dienone is 2. The van der Waals surface area contributed by atoms with E-state index < -0.39 is 0 Å². The summed E-state index contributed by atoms with van der Waals surface area (Å²) in [6.07, 6.45) is 2.88. The van der Waals surface area contributed by atoms with Crippen molar-refractivity contribution in [1.29, 1.82) is 0 Å². The number of rotatable bonds is 3. The van der Waals surface area contributed by atoms with Gasteiger partial charge in [0.15, 0.2) is 0 Å². The van der Waals surface area contributed by atoms with Gasteiger partial charge in [-0.2, -0.15) is 0 Å². The van der Waals surface area contributed by atoms with Crippen LogP contribution in [0, 0.1) is 0 Å². The third-order valence-corrected chi connectivity index (χ3v) is 1.12. The number of hydrogen-bond donors (Lipinski definition) is 1. The molecule has 0 saturated carbocycles. The summed E-state index contributed by atoms with van der Waals surface area (Å²) in [4.78, 5) is 4.24. The molecule has 0 aromatic rings. The van der Waals surface area contributed by atoms with E-state index in [-0.39, 0.29) is 0 Å². The van der Waals surface area contributed by atoms with Crippen molar-refractivity contribution in [2.45, 2.75) is 41.0 Å². The molecule has 0 aliphatic heterocycles. The van der Waals surface area contributed by atoms with Crippen molar-refractivity contribution in [2.75, 3.05) is 6.54 Å². The van der Waals surface area contributed by atoms with Crippen LogP contribution in [0.1, 0.15) is 41.0 Å². The van der Waals surface area contributed by atoms with E-state index in [1.54, 1.807) is 0 Å². The van der Waals surface area contributed by atoms with Gasteiger partial charge in [-0.05, 0) is 26.3 Å². The second-order valence-corrected chi connectivity index (χ2v) is 2.21. The lowest BCUT2D eigenvalue weighted by Gasteiger charge is -1.95. The van der Waals surface area contributed by atoms with Crippen LogP contribution in [0.3, 0.4) is 0 Å². The van der Waals surface area contributed by atoms with Crippen LogP contribution in [-0.4, -0.2) is 12.3 Å². The van der Waals surface area contributed by atoms with Crippen LogP contribution in [0.2, 0.25) is 0 Å². The number of nitrogens with two attached hydrogens (primary N) is 1. The molecule has 2 nitrogen and oxygen atoms in total. The molecule has 2 N–H and O–H groups in total. The first-order chi connectivity index (χ1) is 5.70. The summed E-state index contributed by atoms with van der Waals surface area (Å²) in [6.45, 7) is 10.8. The van der Waals surface area contributed by atoms with E-state index in [2.05, 4.69) is 11.9 Å². The molecule has 0 saturated heterocycles. The van der Waals surface area contributed by atoms with Crippen LogP contribution in [0.15, 0.2) is 16.8 Å². The summed E-state index contributed by atoms with van der Waals surface area (Å²) >= 11 is 0. The standard InChI is InChI=1S/C8H16N2.C2H6/c1-4-8(10-5-2)6-7(3)9;1-2/h6H,4-5,9H2,1-3H3;1-2H3/b7-6-,10-8?;. The van der Waals surface area contributed by atoms with E-state index in [0.29, 0.717) is 0 Å². The predicted octanol–water partition coefficient (Wildman–Crippen LogP) is 2.75. The zero-order valence-corrected chi connectivity index (χ0v) is 9.02. The van der Waals surface area contributed by atoms with Crippen molar-refractivity contribution in [3.63, 3.8) is 0 Å². The van der Waals surface area contributed by atoms with Crippen LogP contribution in [0.5, 0.6) is 0 Å². The summed E-state index contributed by atoms with van der Waals surface area (Å²) in [6, 6.07) is 0. The van der Waals surface area contributed by atoms with Crippen LogP contribution < -0.4 is 5.73 Å². The minimum absolute atomic E-state index is 0.828. The van der Waals surface area contributed by atoms with Gasteiger partial charge in [0.25, 0.3) is 0 Å². The predicted molar refractivity (Wildman–Crippen MR) is 57.6 cm³/mol. The fraction of sp³-hybridized carbons (Fsp3) is 0.700. The van der Waals surface area contributed by atoms with E-state index >= 15 is 0 Å². The Morgan fingerprint density at radius 2 is 1.83 bits per heavy atom. The monoisotopic (exact) mass is 170 g/mol. The Morgan fingerprint density at radius 3 is 2.08 bits per heavy atom. The Bertz CT molecular complexity index is 142. The molecule has 0 aliphatic rings. The maximum absolute atomic E-state index is 5.48. The highest BCUT2D eigenvalue weighted by atomic mass is 14.7. The largest absolute Gasteiger partial charge is 0.402 e. The molecule has 2 heteroatoms. The molecular formula is C10H22N2. The number of aliphatic imine (C=N–C) groups is 1. The molecule has 0 bridgehead atoms. The molecule has 0 radical (unpaired) electrons. The van der Waals surface area contributed by atoms with Crippen LogP contribution in [0.25, 0.3) is 0 Å². The highest BCUT2D eigenvalue weighted by molar-refractivity contribution is 5.95. The molecule has 0 spiro atoms. The molecule has 0 aromatic heterocycles. The molecule has 0 atom stereocenters. The highest BCUT2D eigenvalue weighted by Crippen LogP contribution is 1.91. The van der Waals surface area contributed by atoms with Crippen molar-refractivity contribution in [1.82, 2.24) is 0 Å². The molecule has 0 fully saturated rings. The topological polar surface area (TPSA) is 38.4 Å². The van der Waals surface area contributed by atoms with Crippen LogP contribution >= 0.6 is 0 Å². The van der Waals surface area contributed by atoms with E-state index in [0.717, 1.165) is 24.4 Å². The summed E-state index contributed by atoms with van der Waals surface area (Å²) < 4.78 is 0. The van der Waals surface area contributed by atoms with E-state index in [1.165, 1.54) is 0 Å². The fourth-order valence-electron chi connectivity index (χ4n) is 0.725. The van der Waals surface area contributed by atoms with Gasteiger partial charge in [0.05, 0.1) is 0 Å². The zero-order chi connectivity index (χ0) is 9.98. The summed E-state index contributed by atoms with van der Waals surface area (Å²) in [7, 11) is 0. The molecule has 0 aliphatic carbocycles. The van der Waals surface area contributed by atoms with Gasteiger partial charge in [0.2, 0.25) is 0 Å². The number of hydrogen-bond acceptors (Lipinski definition) is 2. The summed E-state index contributed by atoms with van der Waals surface area (Å²) in [5.41, 5.74) is 7.39. The molecule has 0 unspecified atom stereocenters. The Balaban J connectivity index is 0. The van der Waals surface area contributed by atoms with E-state index in [9.17, 15) is 0 Å². The molecule has 0 heterocycles. The van der Waals surface area contributed by atoms with Crippen LogP contribution in [0.4, 0.5) is 0 Å². The summed E-state index contributed by atoms with van der Waals surface area (Å²) in [5.74, 6) is 0. The zero-order valence-electron chi connectivity index (χ0n) is 9.02. The minimum atomic E-state index is 0.828. The first kappa shape index (κ1) is 13.8. The van der Waals surface area contributed by atoms with Crippen molar-refractivity contribution >= 4 is 5.71 Å². The van der Waals surface area contributed by atoms with Gasteiger partial charge in [-0.1, -0.05) is 20.8 Å². The van der Waals surface area contributed by atoms with Gasteiger partial charge in [-0.3, -0.25) is 4.99 Å². The third-order valence-electron chi connectivity index (χ3n) is 1.12. The lowest BCUT2D eigenvalue weighted by Crippen LogP contribution is -1.98. The average molecular weight is 170 g/mol. The lowest BCUT2D eigenvalue weighted by molar-refractivity contribution is 1.10. The van der Waals surface area contributed by atoms with Gasteiger partial charge in [-0.15, -0.1) is 0 Å². The molecule has 12 heavy (non-hydrogen) atoms. The SMILES string of the molecule is CC.CCN=C(/C=C(/C)N)CC. The second-order valence-electron chi connectivity index (χ2n) is 2.21. The van der Waals surface area contributed by atoms with Crippen LogP contribution in [-0.2, 0) is 0 Å². The second kappa shape index (κ2) is 10.2. The lowest BCUT2D eigenvalue weighted by atomic mass is 10.2. The maximum Gasteiger partial charge on any atom is 0.0364 e. The third kappa shape index (κ3) is 9.21. The van der Waals surface area contributed by atoms with Gasteiger partial charge in [0.1, 0.15) is 0 Å². The van der Waals surface area contributed by atoms with E-state index in [4.69, 9.17) is 5.73 Å². The highest BCUT2D eigenvalue weighted by Gasteiger charge is 1.88. The Morgan fingerprint density at radius 1 is 1.33 bits per heavy atom. The smallest absolute Gasteiger partial charge is 0.0364 e. The normalized spacial score (nSPS) is 12.1. The molecule has 72 valence electrons. The van der Waals surface area contributed by atoms with Crippen molar-refractivity contribution < 1.29 is 0 Å². The quantitative estimate of drug-likeness (QED) is 0.650. The molecule has 0 amide bonds. The Labute approximate surface area is 76.6 Å². The first-order valence-corrected chi connectivity index (χ1v) is 4.67. The molecular weight excluding hydrogens is 148 g/mol. The van der Waals surface area contributed by atoms with Gasteiger partial charge in [0, 0.05) is 18.0 Å². The Kier molecular flexibility index (Phi) is 11.7. The van der Waals surface area contributed by atoms with Crippen molar-refractivity contribution in [3.8, 4) is 0 Å². The fourth-order valence-corrected chi connectivity index (χ4v) is 0.725. The van der Waals surface area contributed by atoms with Crippen molar-refractivity contribution in [2.24, 2.45) is 10.7 Å². The van der Waals surface area contributed by atoms with Gasteiger partial charge < -0.3 is 5.73 Å². The van der Waals surface area contributed by atoms with Gasteiger partial charge >= 0.3 is 0 Å². The van der Waals surface area contributed by atoms with E-state index in [1.807, 2.05) is 33.8 Å². The average Bonchev–Trinajstić information content (AvgIpc) is 2.07. The number of nitrogens with zero attached hydrogens (tertiary/aromatic N) is 1. The Hall–Kier alpha value is -0.790. The van der Waals surface area contributed by atoms with Crippen molar-refractivity contribution in [3.05, 3.63) is 11.8 Å². The summed E-state index contributed by atoms with van der Waals surface area (Å²) in [5, 5.41) is 0. The first-order valence-electron chi connectivity index (χ1n) is 4.67.